The van der Waals surface area contributed by atoms with E-state index in [1.54, 1.807) is 42.5 Å². The number of amides is 1. The number of benzene rings is 2. The Bertz CT molecular complexity index is 1050. The van der Waals surface area contributed by atoms with Crippen molar-refractivity contribution in [3.05, 3.63) is 54.1 Å². The number of nitrogens with zero attached hydrogens (tertiary/aromatic N) is 2. The lowest BCUT2D eigenvalue weighted by Gasteiger charge is -2.33. The lowest BCUT2D eigenvalue weighted by atomic mass is 10.1. The second-order valence-electron chi connectivity index (χ2n) is 7.26. The molecule has 0 bridgehead atoms. The highest BCUT2D eigenvalue weighted by molar-refractivity contribution is 7.89. The molecule has 1 aliphatic rings. The fourth-order valence-corrected chi connectivity index (χ4v) is 4.81. The summed E-state index contributed by atoms with van der Waals surface area (Å²) in [5.74, 6) is -0.559. The van der Waals surface area contributed by atoms with E-state index in [4.69, 9.17) is 9.47 Å². The smallest absolute Gasteiger partial charge is 0.306 e. The summed E-state index contributed by atoms with van der Waals surface area (Å²) in [5.41, 5.74) is 0.738. The van der Waals surface area contributed by atoms with Gasteiger partial charge < -0.3 is 19.5 Å². The quantitative estimate of drug-likeness (QED) is 0.590. The van der Waals surface area contributed by atoms with Crippen LogP contribution >= 0.6 is 0 Å². The molecule has 1 saturated heterocycles. The molecular weight excluding hydrogens is 436 g/mol. The first kappa shape index (κ1) is 23.6. The number of rotatable bonds is 8. The van der Waals surface area contributed by atoms with Crippen molar-refractivity contribution in [2.45, 2.75) is 17.7 Å². The highest BCUT2D eigenvalue weighted by Crippen LogP contribution is 2.26. The van der Waals surface area contributed by atoms with Crippen LogP contribution in [0.4, 0.5) is 0 Å². The van der Waals surface area contributed by atoms with Crippen molar-refractivity contribution in [3.8, 4) is 11.5 Å². The molecular formula is C22H26N2O7S. The minimum Gasteiger partial charge on any atom is -0.504 e. The first-order chi connectivity index (χ1) is 15.3. The Morgan fingerprint density at radius 2 is 1.72 bits per heavy atom. The van der Waals surface area contributed by atoms with Gasteiger partial charge in [0.05, 0.1) is 12.0 Å². The molecule has 0 atom stereocenters. The van der Waals surface area contributed by atoms with Crippen LogP contribution in [0.25, 0.3) is 0 Å². The third-order valence-electron chi connectivity index (χ3n) is 5.19. The van der Waals surface area contributed by atoms with Crippen LogP contribution in [-0.2, 0) is 30.8 Å². The molecule has 0 aliphatic carbocycles. The molecule has 0 spiro atoms. The number of piperazine rings is 1. The van der Waals surface area contributed by atoms with E-state index < -0.39 is 22.6 Å². The molecule has 1 N–H and O–H groups in total. The first-order valence-corrected chi connectivity index (χ1v) is 11.6. The zero-order valence-electron chi connectivity index (χ0n) is 17.8. The number of esters is 1. The van der Waals surface area contributed by atoms with Crippen LogP contribution in [0.3, 0.4) is 0 Å². The second-order valence-corrected chi connectivity index (χ2v) is 9.20. The summed E-state index contributed by atoms with van der Waals surface area (Å²) >= 11 is 0. The van der Waals surface area contributed by atoms with Crippen LogP contribution in [0, 0.1) is 0 Å². The number of hydrogen-bond acceptors (Lipinski definition) is 7. The number of sulfonamides is 1. The number of carbonyl (C=O) groups excluding carboxylic acids is 2. The molecule has 172 valence electrons. The molecule has 0 unspecified atom stereocenters. The van der Waals surface area contributed by atoms with E-state index in [-0.39, 0.29) is 49.2 Å². The van der Waals surface area contributed by atoms with E-state index in [1.807, 2.05) is 0 Å². The molecule has 9 nitrogen and oxygen atoms in total. The summed E-state index contributed by atoms with van der Waals surface area (Å²) in [6, 6.07) is 13.0. The Balaban J connectivity index is 1.42. The molecule has 32 heavy (non-hydrogen) atoms. The van der Waals surface area contributed by atoms with Gasteiger partial charge in [-0.25, -0.2) is 8.42 Å². The van der Waals surface area contributed by atoms with Gasteiger partial charge in [0.2, 0.25) is 10.0 Å². The predicted molar refractivity (Wildman–Crippen MR) is 116 cm³/mol. The van der Waals surface area contributed by atoms with Gasteiger partial charge in [0.1, 0.15) is 0 Å². The zero-order chi connectivity index (χ0) is 23.1. The third-order valence-corrected chi connectivity index (χ3v) is 7.10. The molecule has 1 fully saturated rings. The van der Waals surface area contributed by atoms with Crippen LogP contribution < -0.4 is 4.74 Å². The average molecular weight is 463 g/mol. The lowest BCUT2D eigenvalue weighted by molar-refractivity contribution is -0.152. The molecule has 2 aromatic rings. The summed E-state index contributed by atoms with van der Waals surface area (Å²) in [7, 11) is -2.14. The number of carbonyl (C=O) groups is 2. The van der Waals surface area contributed by atoms with Crippen LogP contribution in [0.15, 0.2) is 53.4 Å². The van der Waals surface area contributed by atoms with Gasteiger partial charge in [-0.15, -0.1) is 0 Å². The van der Waals surface area contributed by atoms with E-state index in [0.717, 1.165) is 5.56 Å². The maximum atomic E-state index is 12.7. The monoisotopic (exact) mass is 462 g/mol. The number of phenolic OH excluding ortho intramolecular Hbond substituents is 1. The minimum atomic E-state index is -3.59. The molecule has 2 aromatic carbocycles. The SMILES string of the molecule is COc1ccc(CCC(=O)OCC(=O)N2CCN(S(=O)(=O)c3ccccc3)CC2)cc1O. The van der Waals surface area contributed by atoms with Crippen molar-refractivity contribution < 1.29 is 32.6 Å². The van der Waals surface area contributed by atoms with Crippen LogP contribution in [-0.4, -0.2) is 74.5 Å². The van der Waals surface area contributed by atoms with E-state index in [9.17, 15) is 23.1 Å². The van der Waals surface area contributed by atoms with Crippen LogP contribution in [0.2, 0.25) is 0 Å². The Labute approximate surface area is 187 Å². The molecule has 1 amide bonds. The second kappa shape index (κ2) is 10.5. The maximum Gasteiger partial charge on any atom is 0.306 e. The number of hydrogen-bond donors (Lipinski definition) is 1. The normalized spacial score (nSPS) is 14.7. The highest BCUT2D eigenvalue weighted by Gasteiger charge is 2.30. The topological polar surface area (TPSA) is 113 Å². The Kier molecular flexibility index (Phi) is 7.70. The van der Waals surface area contributed by atoms with Gasteiger partial charge >= 0.3 is 5.97 Å². The summed E-state index contributed by atoms with van der Waals surface area (Å²) in [6.07, 6.45) is 0.405. The highest BCUT2D eigenvalue weighted by atomic mass is 32.2. The fourth-order valence-electron chi connectivity index (χ4n) is 3.36. The molecule has 0 radical (unpaired) electrons. The molecule has 1 heterocycles. The zero-order valence-corrected chi connectivity index (χ0v) is 18.6. The van der Waals surface area contributed by atoms with E-state index in [1.165, 1.54) is 22.4 Å². The van der Waals surface area contributed by atoms with Gasteiger partial charge in [-0.1, -0.05) is 24.3 Å². The number of phenols is 1. The minimum absolute atomic E-state index is 0.0121. The van der Waals surface area contributed by atoms with Crippen molar-refractivity contribution in [2.24, 2.45) is 0 Å². The standard InChI is InChI=1S/C22H26N2O7S/c1-30-20-9-7-17(15-19(20)25)8-10-22(27)31-16-21(26)23-11-13-24(14-12-23)32(28,29)18-5-3-2-4-6-18/h2-7,9,15,25H,8,10-14,16H2,1H3. The van der Waals surface area contributed by atoms with Crippen molar-refractivity contribution >= 4 is 21.9 Å². The number of aromatic hydroxyl groups is 1. The van der Waals surface area contributed by atoms with Crippen molar-refractivity contribution in [1.29, 1.82) is 0 Å². The maximum absolute atomic E-state index is 12.7. The van der Waals surface area contributed by atoms with E-state index >= 15 is 0 Å². The third kappa shape index (κ3) is 5.77. The predicted octanol–water partition coefficient (Wildman–Crippen LogP) is 1.41. The van der Waals surface area contributed by atoms with E-state index in [0.29, 0.717) is 12.2 Å². The number of ether oxygens (including phenoxy) is 2. The lowest BCUT2D eigenvalue weighted by Crippen LogP contribution is -2.51. The fraction of sp³-hybridized carbons (Fsp3) is 0.364. The molecule has 0 saturated carbocycles. The van der Waals surface area contributed by atoms with Gasteiger partial charge in [0.15, 0.2) is 18.1 Å². The van der Waals surface area contributed by atoms with E-state index in [2.05, 4.69) is 0 Å². The van der Waals surface area contributed by atoms with Gasteiger partial charge in [-0.3, -0.25) is 9.59 Å². The molecule has 0 aromatic heterocycles. The largest absolute Gasteiger partial charge is 0.504 e. The summed E-state index contributed by atoms with van der Waals surface area (Å²) < 4.78 is 36.7. The van der Waals surface area contributed by atoms with Crippen molar-refractivity contribution in [1.82, 2.24) is 9.21 Å². The van der Waals surface area contributed by atoms with Crippen molar-refractivity contribution in [3.63, 3.8) is 0 Å². The van der Waals surface area contributed by atoms with Crippen LogP contribution in [0.1, 0.15) is 12.0 Å². The first-order valence-electron chi connectivity index (χ1n) is 10.2. The Morgan fingerprint density at radius 3 is 2.34 bits per heavy atom. The summed E-state index contributed by atoms with van der Waals surface area (Å²) in [5, 5.41) is 9.78. The van der Waals surface area contributed by atoms with Gasteiger partial charge in [-0.2, -0.15) is 4.31 Å². The van der Waals surface area contributed by atoms with Gasteiger partial charge in [0, 0.05) is 32.6 Å². The summed E-state index contributed by atoms with van der Waals surface area (Å²) in [4.78, 5) is 26.0. The van der Waals surface area contributed by atoms with Gasteiger partial charge in [-0.05, 0) is 36.2 Å². The number of methoxy groups -OCH3 is 1. The Hall–Kier alpha value is -3.11. The Morgan fingerprint density at radius 1 is 1.03 bits per heavy atom. The number of aryl methyl sites for hydroxylation is 1. The molecule has 10 heteroatoms. The molecule has 1 aliphatic heterocycles. The average Bonchev–Trinajstić information content (AvgIpc) is 2.82. The van der Waals surface area contributed by atoms with Crippen LogP contribution in [0.5, 0.6) is 11.5 Å². The summed E-state index contributed by atoms with van der Waals surface area (Å²) in [6.45, 7) is 0.426. The molecule has 3 rings (SSSR count). The van der Waals surface area contributed by atoms with Crippen molar-refractivity contribution in [2.75, 3.05) is 39.9 Å². The van der Waals surface area contributed by atoms with Gasteiger partial charge in [0.25, 0.3) is 5.91 Å².